The highest BCUT2D eigenvalue weighted by Crippen LogP contribution is 2.22. The van der Waals surface area contributed by atoms with E-state index in [1.54, 1.807) is 35.9 Å². The molecule has 5 heteroatoms. The van der Waals surface area contributed by atoms with E-state index in [0.29, 0.717) is 16.9 Å². The van der Waals surface area contributed by atoms with E-state index in [1.165, 1.54) is 0 Å². The summed E-state index contributed by atoms with van der Waals surface area (Å²) < 4.78 is 6.80. The first-order valence-corrected chi connectivity index (χ1v) is 4.76. The molecule has 0 saturated carbocycles. The third kappa shape index (κ3) is 0.995. The number of nitrogens with zero attached hydrogens (tertiary/aromatic N) is 2. The molecule has 80 valence electrons. The maximum Gasteiger partial charge on any atom is 0.354 e. The Balaban J connectivity index is 2.55. The Morgan fingerprint density at radius 3 is 3.06 bits per heavy atom. The largest absolute Gasteiger partial charge is 0.477 e. The van der Waals surface area contributed by atoms with Crippen LogP contribution in [0.25, 0.3) is 16.6 Å². The van der Waals surface area contributed by atoms with Gasteiger partial charge in [0.2, 0.25) is 0 Å². The van der Waals surface area contributed by atoms with Gasteiger partial charge in [0, 0.05) is 6.20 Å². The summed E-state index contributed by atoms with van der Waals surface area (Å²) in [5, 5.41) is 9.91. The molecule has 0 unspecified atom stereocenters. The zero-order valence-electron chi connectivity index (χ0n) is 8.47. The van der Waals surface area contributed by atoms with Crippen molar-refractivity contribution < 1.29 is 14.3 Å². The smallest absolute Gasteiger partial charge is 0.354 e. The van der Waals surface area contributed by atoms with Gasteiger partial charge in [0.25, 0.3) is 0 Å². The molecular formula is C11H8N2O3. The van der Waals surface area contributed by atoms with E-state index >= 15 is 0 Å². The first-order valence-electron chi connectivity index (χ1n) is 4.76. The van der Waals surface area contributed by atoms with Gasteiger partial charge in [-0.1, -0.05) is 0 Å². The molecule has 0 bridgehead atoms. The number of hydrogen-bond donors (Lipinski definition) is 1. The van der Waals surface area contributed by atoms with Crippen LogP contribution in [0.5, 0.6) is 0 Å². The summed E-state index contributed by atoms with van der Waals surface area (Å²) in [6, 6.07) is 3.51. The van der Waals surface area contributed by atoms with Gasteiger partial charge in [-0.25, -0.2) is 9.78 Å². The van der Waals surface area contributed by atoms with Crippen molar-refractivity contribution in [1.29, 1.82) is 0 Å². The van der Waals surface area contributed by atoms with Crippen LogP contribution in [0.4, 0.5) is 0 Å². The number of fused-ring (bicyclic) bond motifs is 3. The molecule has 0 amide bonds. The van der Waals surface area contributed by atoms with Crippen molar-refractivity contribution in [3.8, 4) is 0 Å². The van der Waals surface area contributed by atoms with Gasteiger partial charge >= 0.3 is 5.97 Å². The van der Waals surface area contributed by atoms with Crippen LogP contribution in [0.1, 0.15) is 16.2 Å². The lowest BCUT2D eigenvalue weighted by atomic mass is 10.3. The van der Waals surface area contributed by atoms with E-state index in [9.17, 15) is 4.79 Å². The van der Waals surface area contributed by atoms with Crippen molar-refractivity contribution in [3.63, 3.8) is 0 Å². The number of carbonyl (C=O) groups is 1. The van der Waals surface area contributed by atoms with Gasteiger partial charge < -0.3 is 9.52 Å². The molecule has 5 nitrogen and oxygen atoms in total. The molecule has 0 atom stereocenters. The average Bonchev–Trinajstić information content (AvgIpc) is 2.78. The lowest BCUT2D eigenvalue weighted by molar-refractivity contribution is 0.0688. The minimum atomic E-state index is -0.979. The Morgan fingerprint density at radius 1 is 1.50 bits per heavy atom. The maximum absolute atomic E-state index is 11.1. The Labute approximate surface area is 89.9 Å². The molecular weight excluding hydrogens is 208 g/mol. The van der Waals surface area contributed by atoms with Crippen LogP contribution in [0, 0.1) is 6.92 Å². The number of furan rings is 1. The predicted molar refractivity (Wildman–Crippen MR) is 56.7 cm³/mol. The monoisotopic (exact) mass is 216 g/mol. The number of rotatable bonds is 1. The summed E-state index contributed by atoms with van der Waals surface area (Å²) in [7, 11) is 0. The van der Waals surface area contributed by atoms with E-state index in [-0.39, 0.29) is 5.69 Å². The molecule has 0 aromatic carbocycles. The normalized spacial score (nSPS) is 11.3. The van der Waals surface area contributed by atoms with Crippen LogP contribution in [-0.2, 0) is 0 Å². The predicted octanol–water partition coefficient (Wildman–Crippen LogP) is 2.09. The summed E-state index contributed by atoms with van der Waals surface area (Å²) in [6.07, 6.45) is 3.22. The van der Waals surface area contributed by atoms with E-state index in [4.69, 9.17) is 9.52 Å². The number of aromatic nitrogens is 2. The molecule has 0 spiro atoms. The van der Waals surface area contributed by atoms with E-state index in [0.717, 1.165) is 5.39 Å². The highest BCUT2D eigenvalue weighted by molar-refractivity contribution is 5.95. The number of carboxylic acid groups (broad SMARTS) is 1. The number of pyridine rings is 1. The number of imidazole rings is 1. The van der Waals surface area contributed by atoms with Crippen molar-refractivity contribution in [2.24, 2.45) is 0 Å². The fourth-order valence-electron chi connectivity index (χ4n) is 1.92. The summed E-state index contributed by atoms with van der Waals surface area (Å²) >= 11 is 0. The average molecular weight is 216 g/mol. The van der Waals surface area contributed by atoms with Gasteiger partial charge in [-0.05, 0) is 19.1 Å². The Bertz CT molecular complexity index is 708. The third-order valence-electron chi connectivity index (χ3n) is 2.60. The SMILES string of the molecule is Cc1nc2c3ccoc3ccn2c1C(=O)O. The summed E-state index contributed by atoms with van der Waals surface area (Å²) in [6.45, 7) is 1.68. The lowest BCUT2D eigenvalue weighted by Crippen LogP contribution is -2.03. The molecule has 0 saturated heterocycles. The topological polar surface area (TPSA) is 67.7 Å². The Morgan fingerprint density at radius 2 is 2.31 bits per heavy atom. The van der Waals surface area contributed by atoms with Crippen molar-refractivity contribution in [1.82, 2.24) is 9.38 Å². The molecule has 0 aliphatic heterocycles. The lowest BCUT2D eigenvalue weighted by Gasteiger charge is -1.97. The Kier molecular flexibility index (Phi) is 1.60. The van der Waals surface area contributed by atoms with Gasteiger partial charge in [0.1, 0.15) is 11.2 Å². The molecule has 1 N–H and O–H groups in total. The zero-order chi connectivity index (χ0) is 11.3. The van der Waals surface area contributed by atoms with Crippen LogP contribution in [-0.4, -0.2) is 20.5 Å². The van der Waals surface area contributed by atoms with Crippen LogP contribution in [0.3, 0.4) is 0 Å². The number of aryl methyl sites for hydroxylation is 1. The quantitative estimate of drug-likeness (QED) is 0.676. The van der Waals surface area contributed by atoms with Crippen molar-refractivity contribution in [2.75, 3.05) is 0 Å². The second kappa shape index (κ2) is 2.85. The van der Waals surface area contributed by atoms with Crippen molar-refractivity contribution >= 4 is 22.6 Å². The second-order valence-electron chi connectivity index (χ2n) is 3.56. The van der Waals surface area contributed by atoms with Crippen LogP contribution in [0.15, 0.2) is 29.0 Å². The first-order chi connectivity index (χ1) is 7.68. The molecule has 3 aromatic heterocycles. The summed E-state index contributed by atoms with van der Waals surface area (Å²) in [4.78, 5) is 15.3. The fraction of sp³-hybridized carbons (Fsp3) is 0.0909. The van der Waals surface area contributed by atoms with Gasteiger partial charge in [-0.15, -0.1) is 0 Å². The standard InChI is InChI=1S/C11H8N2O3/c1-6-9(11(14)15)13-4-2-8-7(3-5-16-8)10(13)12-6/h2-5H,1H3,(H,14,15). The third-order valence-corrected chi connectivity index (χ3v) is 2.60. The van der Waals surface area contributed by atoms with Crippen molar-refractivity contribution in [3.05, 3.63) is 36.0 Å². The molecule has 3 rings (SSSR count). The first kappa shape index (κ1) is 8.96. The minimum Gasteiger partial charge on any atom is -0.477 e. The van der Waals surface area contributed by atoms with E-state index < -0.39 is 5.97 Å². The zero-order valence-corrected chi connectivity index (χ0v) is 8.47. The van der Waals surface area contributed by atoms with Crippen LogP contribution >= 0.6 is 0 Å². The number of aromatic carboxylic acids is 1. The van der Waals surface area contributed by atoms with E-state index in [2.05, 4.69) is 4.98 Å². The Hall–Kier alpha value is -2.30. The molecule has 16 heavy (non-hydrogen) atoms. The molecule has 0 fully saturated rings. The number of carboxylic acids is 1. The molecule has 3 heterocycles. The summed E-state index contributed by atoms with van der Waals surface area (Å²) in [5.41, 5.74) is 2.01. The fourth-order valence-corrected chi connectivity index (χ4v) is 1.92. The van der Waals surface area contributed by atoms with Gasteiger partial charge in [0.05, 0.1) is 17.3 Å². The van der Waals surface area contributed by atoms with Crippen LogP contribution < -0.4 is 0 Å². The van der Waals surface area contributed by atoms with Gasteiger partial charge in [0.15, 0.2) is 5.69 Å². The molecule has 0 aliphatic rings. The number of hydrogen-bond acceptors (Lipinski definition) is 3. The second-order valence-corrected chi connectivity index (χ2v) is 3.56. The van der Waals surface area contributed by atoms with Gasteiger partial charge in [-0.3, -0.25) is 4.40 Å². The van der Waals surface area contributed by atoms with Crippen LogP contribution in [0.2, 0.25) is 0 Å². The van der Waals surface area contributed by atoms with Crippen molar-refractivity contribution in [2.45, 2.75) is 6.92 Å². The summed E-state index contributed by atoms with van der Waals surface area (Å²) in [5.74, 6) is -0.979. The highest BCUT2D eigenvalue weighted by Gasteiger charge is 2.17. The molecule has 3 aromatic rings. The maximum atomic E-state index is 11.1. The van der Waals surface area contributed by atoms with Gasteiger partial charge in [-0.2, -0.15) is 0 Å². The minimum absolute atomic E-state index is 0.193. The van der Waals surface area contributed by atoms with E-state index in [1.807, 2.05) is 0 Å². The molecule has 0 radical (unpaired) electrons. The molecule has 0 aliphatic carbocycles. The highest BCUT2D eigenvalue weighted by atomic mass is 16.4.